The summed E-state index contributed by atoms with van der Waals surface area (Å²) in [6.45, 7) is 3.78. The monoisotopic (exact) mass is 293 g/mol. The molecule has 0 aliphatic carbocycles. The molecule has 0 fully saturated rings. The first-order valence-electron chi connectivity index (χ1n) is 6.29. The molecule has 2 heterocycles. The summed E-state index contributed by atoms with van der Waals surface area (Å²) in [6, 6.07) is 0. The predicted molar refractivity (Wildman–Crippen MR) is 69.5 cm³/mol. The predicted octanol–water partition coefficient (Wildman–Crippen LogP) is 0.471. The minimum absolute atomic E-state index is 0.00672. The molecule has 2 rings (SSSR count). The highest BCUT2D eigenvalue weighted by atomic mass is 16.5. The summed E-state index contributed by atoms with van der Waals surface area (Å²) in [5, 5.41) is 8.44. The van der Waals surface area contributed by atoms with E-state index in [4.69, 9.17) is 8.94 Å². The smallest absolute Gasteiger partial charge is 0.292 e. The number of hydrogen-bond acceptors (Lipinski definition) is 7. The lowest BCUT2D eigenvalue weighted by Gasteiger charge is -2.03. The largest absolute Gasteiger partial charge is 0.447 e. The van der Waals surface area contributed by atoms with Crippen LogP contribution in [0.3, 0.4) is 0 Å². The van der Waals surface area contributed by atoms with Crippen LogP contribution < -0.4 is 10.6 Å². The van der Waals surface area contributed by atoms with Crippen LogP contribution in [0.2, 0.25) is 0 Å². The summed E-state index contributed by atoms with van der Waals surface area (Å²) in [4.78, 5) is 31.0. The summed E-state index contributed by atoms with van der Waals surface area (Å²) in [7, 11) is 1.46. The fraction of sp³-hybridized carbons (Fsp3) is 0.417. The number of amides is 2. The molecular formula is C12H15N5O4. The Balaban J connectivity index is 1.99. The number of hydrogen-bond donors (Lipinski definition) is 2. The first-order valence-corrected chi connectivity index (χ1v) is 6.29. The van der Waals surface area contributed by atoms with E-state index < -0.39 is 11.8 Å². The molecule has 0 aromatic carbocycles. The molecule has 21 heavy (non-hydrogen) atoms. The third kappa shape index (κ3) is 3.25. The van der Waals surface area contributed by atoms with Gasteiger partial charge in [-0.05, 0) is 0 Å². The van der Waals surface area contributed by atoms with E-state index in [0.29, 0.717) is 5.76 Å². The Hall–Kier alpha value is -2.71. The molecule has 2 N–H and O–H groups in total. The third-order valence-corrected chi connectivity index (χ3v) is 2.63. The minimum Gasteiger partial charge on any atom is -0.447 e. The van der Waals surface area contributed by atoms with Crippen molar-refractivity contribution in [1.82, 2.24) is 25.8 Å². The average Bonchev–Trinajstić information content (AvgIpc) is 3.12. The van der Waals surface area contributed by atoms with Gasteiger partial charge >= 0.3 is 0 Å². The Bertz CT molecular complexity index is 646. The van der Waals surface area contributed by atoms with Crippen LogP contribution in [0.25, 0.3) is 0 Å². The zero-order chi connectivity index (χ0) is 15.4. The van der Waals surface area contributed by atoms with Crippen LogP contribution in [0, 0.1) is 0 Å². The molecule has 2 aromatic heterocycles. The molecule has 2 amide bonds. The van der Waals surface area contributed by atoms with Crippen molar-refractivity contribution in [2.75, 3.05) is 7.05 Å². The van der Waals surface area contributed by atoms with Crippen LogP contribution in [0.1, 0.15) is 52.5 Å². The molecule has 0 aliphatic rings. The molecule has 2 aromatic rings. The molecule has 0 unspecified atom stereocenters. The zero-order valence-electron chi connectivity index (χ0n) is 11.8. The molecule has 112 valence electrons. The molecule has 0 atom stereocenters. The quantitative estimate of drug-likeness (QED) is 0.821. The van der Waals surface area contributed by atoms with Crippen molar-refractivity contribution in [2.45, 2.75) is 26.3 Å². The summed E-state index contributed by atoms with van der Waals surface area (Å²) < 4.78 is 10.0. The SMILES string of the molecule is CNC(=O)c1noc(CNC(=O)c2ncoc2C(C)C)n1. The molecule has 0 spiro atoms. The number of aromatic nitrogens is 3. The van der Waals surface area contributed by atoms with Gasteiger partial charge in [0.25, 0.3) is 17.6 Å². The van der Waals surface area contributed by atoms with Gasteiger partial charge in [-0.15, -0.1) is 0 Å². The van der Waals surface area contributed by atoms with Gasteiger partial charge < -0.3 is 19.6 Å². The molecule has 0 saturated carbocycles. The fourth-order valence-corrected chi connectivity index (χ4v) is 1.61. The number of carbonyl (C=O) groups excluding carboxylic acids is 2. The van der Waals surface area contributed by atoms with Gasteiger partial charge in [0.15, 0.2) is 12.1 Å². The Morgan fingerprint density at radius 3 is 2.76 bits per heavy atom. The maximum Gasteiger partial charge on any atom is 0.292 e. The van der Waals surface area contributed by atoms with E-state index in [-0.39, 0.29) is 29.9 Å². The maximum atomic E-state index is 12.0. The van der Waals surface area contributed by atoms with Gasteiger partial charge in [0, 0.05) is 13.0 Å². The van der Waals surface area contributed by atoms with Crippen LogP contribution in [-0.4, -0.2) is 34.0 Å². The van der Waals surface area contributed by atoms with Gasteiger partial charge in [0.05, 0.1) is 6.54 Å². The maximum absolute atomic E-state index is 12.0. The second kappa shape index (κ2) is 6.16. The van der Waals surface area contributed by atoms with E-state index >= 15 is 0 Å². The van der Waals surface area contributed by atoms with Crippen LogP contribution >= 0.6 is 0 Å². The van der Waals surface area contributed by atoms with Gasteiger partial charge in [0.1, 0.15) is 5.76 Å². The third-order valence-electron chi connectivity index (χ3n) is 2.63. The van der Waals surface area contributed by atoms with Crippen molar-refractivity contribution in [3.05, 3.63) is 29.6 Å². The number of rotatable bonds is 5. The summed E-state index contributed by atoms with van der Waals surface area (Å²) in [6.07, 6.45) is 1.22. The van der Waals surface area contributed by atoms with Gasteiger partial charge in [-0.1, -0.05) is 19.0 Å². The molecule has 0 aliphatic heterocycles. The molecule has 0 bridgehead atoms. The first kappa shape index (κ1) is 14.7. The lowest BCUT2D eigenvalue weighted by Crippen LogP contribution is -2.25. The Morgan fingerprint density at radius 1 is 1.33 bits per heavy atom. The molecule has 9 heteroatoms. The Labute approximate surface area is 120 Å². The summed E-state index contributed by atoms with van der Waals surface area (Å²) >= 11 is 0. The number of nitrogens with zero attached hydrogens (tertiary/aromatic N) is 3. The first-order chi connectivity index (χ1) is 10.0. The fourth-order valence-electron chi connectivity index (χ4n) is 1.61. The van der Waals surface area contributed by atoms with E-state index in [9.17, 15) is 9.59 Å². The van der Waals surface area contributed by atoms with E-state index in [1.54, 1.807) is 0 Å². The van der Waals surface area contributed by atoms with Crippen LogP contribution in [0.5, 0.6) is 0 Å². The lowest BCUT2D eigenvalue weighted by atomic mass is 10.1. The van der Waals surface area contributed by atoms with E-state index in [1.165, 1.54) is 13.4 Å². The number of carbonyl (C=O) groups is 2. The van der Waals surface area contributed by atoms with Crippen molar-refractivity contribution in [3.8, 4) is 0 Å². The number of oxazole rings is 1. The zero-order valence-corrected chi connectivity index (χ0v) is 11.8. The highest BCUT2D eigenvalue weighted by Crippen LogP contribution is 2.18. The second-order valence-corrected chi connectivity index (χ2v) is 4.49. The normalized spacial score (nSPS) is 10.7. The molecule has 9 nitrogen and oxygen atoms in total. The summed E-state index contributed by atoms with van der Waals surface area (Å²) in [5.41, 5.74) is 0.219. The summed E-state index contributed by atoms with van der Waals surface area (Å²) in [5.74, 6) is -0.301. The molecule has 0 saturated heterocycles. The highest BCUT2D eigenvalue weighted by molar-refractivity contribution is 5.93. The average molecular weight is 293 g/mol. The molecular weight excluding hydrogens is 278 g/mol. The van der Waals surface area contributed by atoms with Crippen molar-refractivity contribution >= 4 is 11.8 Å². The standard InChI is InChI=1S/C12H15N5O4/c1-6(2)9-8(15-5-20-9)11(18)14-4-7-16-10(17-21-7)12(19)13-3/h5-6H,4H2,1-3H3,(H,13,19)(H,14,18). The minimum atomic E-state index is -0.463. The lowest BCUT2D eigenvalue weighted by molar-refractivity contribution is 0.0934. The van der Waals surface area contributed by atoms with E-state index in [1.807, 2.05) is 13.8 Å². The number of nitrogens with one attached hydrogen (secondary N) is 2. The Morgan fingerprint density at radius 2 is 2.10 bits per heavy atom. The van der Waals surface area contributed by atoms with E-state index in [0.717, 1.165) is 0 Å². The second-order valence-electron chi connectivity index (χ2n) is 4.49. The topological polar surface area (TPSA) is 123 Å². The van der Waals surface area contributed by atoms with Gasteiger partial charge in [-0.25, -0.2) is 4.98 Å². The van der Waals surface area contributed by atoms with E-state index in [2.05, 4.69) is 25.8 Å². The van der Waals surface area contributed by atoms with Crippen LogP contribution in [0.4, 0.5) is 0 Å². The van der Waals surface area contributed by atoms with Crippen LogP contribution in [0.15, 0.2) is 15.3 Å². The van der Waals surface area contributed by atoms with Crippen molar-refractivity contribution in [2.24, 2.45) is 0 Å². The van der Waals surface area contributed by atoms with Crippen molar-refractivity contribution in [1.29, 1.82) is 0 Å². The molecule has 0 radical (unpaired) electrons. The van der Waals surface area contributed by atoms with Crippen molar-refractivity contribution < 1.29 is 18.5 Å². The van der Waals surface area contributed by atoms with Gasteiger partial charge in [0.2, 0.25) is 5.89 Å². The van der Waals surface area contributed by atoms with Crippen molar-refractivity contribution in [3.63, 3.8) is 0 Å². The Kier molecular flexibility index (Phi) is 4.31. The van der Waals surface area contributed by atoms with Gasteiger partial charge in [-0.2, -0.15) is 4.98 Å². The van der Waals surface area contributed by atoms with Crippen LogP contribution in [-0.2, 0) is 6.54 Å². The van der Waals surface area contributed by atoms with Gasteiger partial charge in [-0.3, -0.25) is 9.59 Å². The highest BCUT2D eigenvalue weighted by Gasteiger charge is 2.20.